The Bertz CT molecular complexity index is 860. The van der Waals surface area contributed by atoms with Crippen LogP contribution in [0.4, 0.5) is 11.4 Å². The van der Waals surface area contributed by atoms with Gasteiger partial charge >= 0.3 is 0 Å². The van der Waals surface area contributed by atoms with Crippen molar-refractivity contribution in [3.8, 4) is 0 Å². The van der Waals surface area contributed by atoms with Crippen LogP contribution in [0.5, 0.6) is 0 Å². The molecule has 1 fully saturated rings. The summed E-state index contributed by atoms with van der Waals surface area (Å²) in [5.74, 6) is 0.935. The van der Waals surface area contributed by atoms with Crippen LogP contribution in [0.3, 0.4) is 0 Å². The van der Waals surface area contributed by atoms with Gasteiger partial charge in [-0.1, -0.05) is 46.9 Å². The number of rotatable bonds is 2. The highest BCUT2D eigenvalue weighted by atomic mass is 35.5. The first kappa shape index (κ1) is 17.9. The molecule has 7 heteroatoms. The van der Waals surface area contributed by atoms with Crippen LogP contribution in [0.1, 0.15) is 18.4 Å². The van der Waals surface area contributed by atoms with Crippen molar-refractivity contribution in [1.82, 2.24) is 10.6 Å². The van der Waals surface area contributed by atoms with Gasteiger partial charge in [-0.05, 0) is 55.8 Å². The minimum atomic E-state index is -0.228. The zero-order chi connectivity index (χ0) is 18.1. The largest absolute Gasteiger partial charge is 0.371 e. The van der Waals surface area contributed by atoms with Gasteiger partial charge in [-0.25, -0.2) is 4.99 Å². The molecule has 26 heavy (non-hydrogen) atoms. The molecule has 2 aromatic carbocycles. The maximum atomic E-state index is 6.20. The SMILES string of the molecule is Clc1cccc(CNC2=Nc3cc(Cl)c(Cl)cc3NC23CCNCC3)c1. The summed E-state index contributed by atoms with van der Waals surface area (Å²) in [7, 11) is 0. The maximum absolute atomic E-state index is 6.20. The summed E-state index contributed by atoms with van der Waals surface area (Å²) in [5.41, 5.74) is 2.62. The van der Waals surface area contributed by atoms with Gasteiger partial charge in [0.05, 0.1) is 27.0 Å². The lowest BCUT2D eigenvalue weighted by molar-refractivity contribution is 0.412. The Labute approximate surface area is 167 Å². The molecule has 4 nitrogen and oxygen atoms in total. The van der Waals surface area contributed by atoms with E-state index in [1.54, 1.807) is 6.07 Å². The zero-order valence-electron chi connectivity index (χ0n) is 14.1. The number of nitrogens with one attached hydrogen (secondary N) is 3. The minimum absolute atomic E-state index is 0.228. The third kappa shape index (κ3) is 3.52. The maximum Gasteiger partial charge on any atom is 0.128 e. The Morgan fingerprint density at radius 2 is 1.81 bits per heavy atom. The quantitative estimate of drug-likeness (QED) is 0.653. The van der Waals surface area contributed by atoms with Crippen molar-refractivity contribution >= 4 is 52.0 Å². The number of nitrogens with zero attached hydrogens (tertiary/aromatic N) is 1. The number of aliphatic imine (C=N–C) groups is 1. The van der Waals surface area contributed by atoms with E-state index in [2.05, 4.69) is 22.0 Å². The van der Waals surface area contributed by atoms with Gasteiger partial charge in [-0.3, -0.25) is 0 Å². The van der Waals surface area contributed by atoms with E-state index >= 15 is 0 Å². The van der Waals surface area contributed by atoms with Crippen LogP contribution in [0.15, 0.2) is 41.4 Å². The van der Waals surface area contributed by atoms with E-state index < -0.39 is 0 Å². The average Bonchev–Trinajstić information content (AvgIpc) is 2.62. The highest BCUT2D eigenvalue weighted by molar-refractivity contribution is 6.42. The first-order valence-corrected chi connectivity index (χ1v) is 9.75. The molecule has 2 heterocycles. The van der Waals surface area contributed by atoms with E-state index in [1.165, 1.54) is 0 Å². The number of benzene rings is 2. The van der Waals surface area contributed by atoms with E-state index in [-0.39, 0.29) is 5.54 Å². The number of amidine groups is 1. The molecule has 0 amide bonds. The number of piperidine rings is 1. The van der Waals surface area contributed by atoms with Crippen molar-refractivity contribution in [3.63, 3.8) is 0 Å². The molecule has 0 unspecified atom stereocenters. The fourth-order valence-corrected chi connectivity index (χ4v) is 4.06. The fourth-order valence-electron chi connectivity index (χ4n) is 3.53. The van der Waals surface area contributed by atoms with Crippen LogP contribution in [0.2, 0.25) is 15.1 Å². The molecule has 136 valence electrons. The van der Waals surface area contributed by atoms with Gasteiger partial charge in [-0.15, -0.1) is 0 Å². The topological polar surface area (TPSA) is 48.5 Å². The van der Waals surface area contributed by atoms with Crippen molar-refractivity contribution in [2.75, 3.05) is 18.4 Å². The second kappa shape index (κ2) is 7.28. The van der Waals surface area contributed by atoms with E-state index in [0.29, 0.717) is 16.6 Å². The van der Waals surface area contributed by atoms with E-state index in [9.17, 15) is 0 Å². The molecule has 1 saturated heterocycles. The molecule has 2 aliphatic rings. The van der Waals surface area contributed by atoms with Gasteiger partial charge in [0.15, 0.2) is 0 Å². The van der Waals surface area contributed by atoms with Crippen molar-refractivity contribution in [2.45, 2.75) is 24.9 Å². The standard InChI is InChI=1S/C19H19Cl3N4/c20-13-3-1-2-12(8-13)11-24-18-19(4-6-23-7-5-19)26-17-10-15(22)14(21)9-16(17)25-18/h1-3,8-10,23,26H,4-7,11H2,(H,24,25). The van der Waals surface area contributed by atoms with Gasteiger partial charge in [0.2, 0.25) is 0 Å². The molecule has 0 aromatic heterocycles. The van der Waals surface area contributed by atoms with Crippen LogP contribution in [-0.4, -0.2) is 24.5 Å². The van der Waals surface area contributed by atoms with Crippen molar-refractivity contribution in [3.05, 3.63) is 57.0 Å². The predicted molar refractivity (Wildman–Crippen MR) is 110 cm³/mol. The monoisotopic (exact) mass is 408 g/mol. The molecular weight excluding hydrogens is 391 g/mol. The molecule has 2 aromatic rings. The van der Waals surface area contributed by atoms with Crippen molar-refractivity contribution < 1.29 is 0 Å². The number of hydrogen-bond donors (Lipinski definition) is 3. The second-order valence-electron chi connectivity index (χ2n) is 6.68. The molecule has 2 aliphatic heterocycles. The van der Waals surface area contributed by atoms with E-state index in [1.807, 2.05) is 24.3 Å². The van der Waals surface area contributed by atoms with Crippen LogP contribution in [-0.2, 0) is 6.54 Å². The van der Waals surface area contributed by atoms with Crippen LogP contribution < -0.4 is 16.0 Å². The lowest BCUT2D eigenvalue weighted by Crippen LogP contribution is -2.58. The molecular formula is C19H19Cl3N4. The smallest absolute Gasteiger partial charge is 0.128 e. The van der Waals surface area contributed by atoms with Gasteiger partial charge in [0.25, 0.3) is 0 Å². The summed E-state index contributed by atoms with van der Waals surface area (Å²) in [6.45, 7) is 2.52. The van der Waals surface area contributed by atoms with E-state index in [4.69, 9.17) is 39.8 Å². The van der Waals surface area contributed by atoms with Gasteiger partial charge in [0.1, 0.15) is 5.84 Å². The summed E-state index contributed by atoms with van der Waals surface area (Å²) >= 11 is 18.5. The number of fused-ring (bicyclic) bond motifs is 1. The van der Waals surface area contributed by atoms with Crippen molar-refractivity contribution in [2.24, 2.45) is 4.99 Å². The predicted octanol–water partition coefficient (Wildman–Crippen LogP) is 5.01. The third-order valence-electron chi connectivity index (χ3n) is 4.90. The lowest BCUT2D eigenvalue weighted by atomic mass is 9.85. The molecule has 0 radical (unpaired) electrons. The average molecular weight is 410 g/mol. The molecule has 1 spiro atoms. The Morgan fingerprint density at radius 3 is 2.58 bits per heavy atom. The second-order valence-corrected chi connectivity index (χ2v) is 7.94. The number of hydrogen-bond acceptors (Lipinski definition) is 4. The van der Waals surface area contributed by atoms with Crippen LogP contribution >= 0.6 is 34.8 Å². The molecule has 3 N–H and O–H groups in total. The summed E-state index contributed by atoms with van der Waals surface area (Å²) in [4.78, 5) is 4.90. The molecule has 4 rings (SSSR count). The Balaban J connectivity index is 1.67. The minimum Gasteiger partial charge on any atom is -0.371 e. The van der Waals surface area contributed by atoms with Gasteiger partial charge in [-0.2, -0.15) is 0 Å². The zero-order valence-corrected chi connectivity index (χ0v) is 16.3. The Kier molecular flexibility index (Phi) is 5.02. The molecule has 0 atom stereocenters. The molecule has 0 bridgehead atoms. The molecule has 0 saturated carbocycles. The normalized spacial score (nSPS) is 18.0. The van der Waals surface area contributed by atoms with Crippen LogP contribution in [0.25, 0.3) is 0 Å². The highest BCUT2D eigenvalue weighted by Gasteiger charge is 2.40. The van der Waals surface area contributed by atoms with E-state index in [0.717, 1.165) is 53.7 Å². The summed E-state index contributed by atoms with van der Waals surface area (Å²) < 4.78 is 0. The summed E-state index contributed by atoms with van der Waals surface area (Å²) in [6.07, 6.45) is 1.88. The first-order valence-electron chi connectivity index (χ1n) is 8.61. The Morgan fingerprint density at radius 1 is 1.04 bits per heavy atom. The van der Waals surface area contributed by atoms with Gasteiger partial charge in [0, 0.05) is 11.6 Å². The number of anilines is 1. The third-order valence-corrected chi connectivity index (χ3v) is 5.86. The lowest BCUT2D eigenvalue weighted by Gasteiger charge is -2.43. The van der Waals surface area contributed by atoms with Gasteiger partial charge < -0.3 is 16.0 Å². The molecule has 0 aliphatic carbocycles. The summed E-state index contributed by atoms with van der Waals surface area (Å²) in [6, 6.07) is 11.5. The van der Waals surface area contributed by atoms with Crippen LogP contribution in [0, 0.1) is 0 Å². The first-order chi connectivity index (χ1) is 12.6. The highest BCUT2D eigenvalue weighted by Crippen LogP contribution is 2.41. The Hall–Kier alpha value is -1.46. The number of halogens is 3. The fraction of sp³-hybridized carbons (Fsp3) is 0.316. The summed E-state index contributed by atoms with van der Waals surface area (Å²) in [5, 5.41) is 12.4. The van der Waals surface area contributed by atoms with Crippen molar-refractivity contribution in [1.29, 1.82) is 0 Å².